The van der Waals surface area contributed by atoms with E-state index in [1.165, 1.54) is 12.1 Å². The molecule has 0 aliphatic carbocycles. The average molecular weight is 370 g/mol. The monoisotopic (exact) mass is 370 g/mol. The molecule has 0 saturated carbocycles. The fourth-order valence-corrected chi connectivity index (χ4v) is 2.63. The Bertz CT molecular complexity index is 1020. The van der Waals surface area contributed by atoms with Gasteiger partial charge in [-0.15, -0.1) is 0 Å². The zero-order valence-electron chi connectivity index (χ0n) is 14.3. The molecule has 7 heteroatoms. The third kappa shape index (κ3) is 4.20. The van der Waals surface area contributed by atoms with Gasteiger partial charge in [0.15, 0.2) is 0 Å². The SMILES string of the molecule is C/C(=N\NC(=O)c1cc2ccccc2cc1O)c1ccccc1OC(F)F. The molecule has 1 amide bonds. The predicted octanol–water partition coefficient (Wildman–Crippen LogP) is 4.30. The molecule has 0 spiro atoms. The third-order valence-corrected chi connectivity index (χ3v) is 3.93. The molecule has 0 atom stereocenters. The summed E-state index contributed by atoms with van der Waals surface area (Å²) in [5.74, 6) is -0.845. The van der Waals surface area contributed by atoms with Crippen molar-refractivity contribution in [1.29, 1.82) is 0 Å². The Hall–Kier alpha value is -3.48. The van der Waals surface area contributed by atoms with E-state index in [-0.39, 0.29) is 22.8 Å². The molecule has 0 aromatic heterocycles. The van der Waals surface area contributed by atoms with Crippen LogP contribution in [0, 0.1) is 0 Å². The molecule has 5 nitrogen and oxygen atoms in total. The lowest BCUT2D eigenvalue weighted by Crippen LogP contribution is -2.20. The number of carbonyl (C=O) groups excluding carboxylic acids is 1. The number of phenols is 1. The minimum Gasteiger partial charge on any atom is -0.507 e. The van der Waals surface area contributed by atoms with E-state index in [2.05, 4.69) is 15.3 Å². The number of carbonyl (C=O) groups is 1. The Morgan fingerprint density at radius 3 is 2.37 bits per heavy atom. The van der Waals surface area contributed by atoms with E-state index >= 15 is 0 Å². The number of rotatable bonds is 5. The number of nitrogens with zero attached hydrogens (tertiary/aromatic N) is 1. The molecule has 0 aliphatic heterocycles. The maximum Gasteiger partial charge on any atom is 0.387 e. The van der Waals surface area contributed by atoms with Gasteiger partial charge in [0.2, 0.25) is 0 Å². The standard InChI is InChI=1S/C20H16F2N2O3/c1-12(15-8-4-5-9-18(15)27-20(21)22)23-24-19(26)16-10-13-6-2-3-7-14(13)11-17(16)25/h2-11,20,25H,1H3,(H,24,26)/b23-12+. The Morgan fingerprint density at radius 1 is 1.04 bits per heavy atom. The van der Waals surface area contributed by atoms with Crippen molar-refractivity contribution < 1.29 is 23.4 Å². The van der Waals surface area contributed by atoms with Gasteiger partial charge in [0.05, 0.1) is 11.3 Å². The Morgan fingerprint density at radius 2 is 1.67 bits per heavy atom. The van der Waals surface area contributed by atoms with Crippen LogP contribution in [-0.4, -0.2) is 23.3 Å². The zero-order valence-corrected chi connectivity index (χ0v) is 14.3. The van der Waals surface area contributed by atoms with Gasteiger partial charge in [0.1, 0.15) is 11.5 Å². The van der Waals surface area contributed by atoms with Crippen molar-refractivity contribution in [3.63, 3.8) is 0 Å². The highest BCUT2D eigenvalue weighted by molar-refractivity contribution is 6.04. The fraction of sp³-hybridized carbons (Fsp3) is 0.100. The number of fused-ring (bicyclic) bond motifs is 1. The summed E-state index contributed by atoms with van der Waals surface area (Å²) in [4.78, 5) is 12.4. The first-order valence-corrected chi connectivity index (χ1v) is 8.06. The zero-order chi connectivity index (χ0) is 19.4. The Labute approximate surface area is 153 Å². The number of benzene rings is 3. The van der Waals surface area contributed by atoms with Crippen molar-refractivity contribution in [1.82, 2.24) is 5.43 Å². The fourth-order valence-electron chi connectivity index (χ4n) is 2.63. The van der Waals surface area contributed by atoms with Crippen molar-refractivity contribution in [2.45, 2.75) is 13.5 Å². The number of amides is 1. The maximum absolute atomic E-state index is 12.5. The lowest BCUT2D eigenvalue weighted by atomic mass is 10.1. The van der Waals surface area contributed by atoms with Crippen LogP contribution in [0.4, 0.5) is 8.78 Å². The van der Waals surface area contributed by atoms with Crippen LogP contribution < -0.4 is 10.2 Å². The van der Waals surface area contributed by atoms with Crippen molar-refractivity contribution in [3.05, 3.63) is 71.8 Å². The number of hydrazone groups is 1. The maximum atomic E-state index is 12.5. The summed E-state index contributed by atoms with van der Waals surface area (Å²) in [5.41, 5.74) is 2.98. The molecule has 0 unspecified atom stereocenters. The van der Waals surface area contributed by atoms with Gasteiger partial charge in [-0.1, -0.05) is 36.4 Å². The summed E-state index contributed by atoms with van der Waals surface area (Å²) < 4.78 is 29.5. The van der Waals surface area contributed by atoms with E-state index in [0.717, 1.165) is 10.8 Å². The van der Waals surface area contributed by atoms with Gasteiger partial charge < -0.3 is 9.84 Å². The highest BCUT2D eigenvalue weighted by Crippen LogP contribution is 2.25. The normalized spacial score (nSPS) is 11.6. The van der Waals surface area contributed by atoms with E-state index in [1.54, 1.807) is 31.2 Å². The molecule has 0 aliphatic rings. The van der Waals surface area contributed by atoms with Crippen LogP contribution in [0.2, 0.25) is 0 Å². The van der Waals surface area contributed by atoms with E-state index in [4.69, 9.17) is 0 Å². The lowest BCUT2D eigenvalue weighted by Gasteiger charge is -2.10. The van der Waals surface area contributed by atoms with Crippen LogP contribution >= 0.6 is 0 Å². The number of nitrogens with one attached hydrogen (secondary N) is 1. The minimum atomic E-state index is -2.97. The van der Waals surface area contributed by atoms with Crippen molar-refractivity contribution in [2.24, 2.45) is 5.10 Å². The number of hydrogen-bond acceptors (Lipinski definition) is 4. The minimum absolute atomic E-state index is 0.0449. The van der Waals surface area contributed by atoms with Gasteiger partial charge >= 0.3 is 6.61 Å². The van der Waals surface area contributed by atoms with Gasteiger partial charge in [0, 0.05) is 5.56 Å². The summed E-state index contributed by atoms with van der Waals surface area (Å²) in [6.45, 7) is -1.42. The first-order valence-electron chi connectivity index (χ1n) is 8.06. The van der Waals surface area contributed by atoms with Crippen LogP contribution in [0.5, 0.6) is 11.5 Å². The molecule has 3 aromatic carbocycles. The predicted molar refractivity (Wildman–Crippen MR) is 98.4 cm³/mol. The molecule has 0 bridgehead atoms. The second kappa shape index (κ2) is 7.82. The van der Waals surface area contributed by atoms with Crippen molar-refractivity contribution in [2.75, 3.05) is 0 Å². The molecule has 3 rings (SSSR count). The second-order valence-electron chi connectivity index (χ2n) is 5.73. The molecule has 0 saturated heterocycles. The first kappa shape index (κ1) is 18.3. The van der Waals surface area contributed by atoms with E-state index < -0.39 is 12.5 Å². The first-order chi connectivity index (χ1) is 13.0. The number of aromatic hydroxyl groups is 1. The number of phenolic OH excluding ortho intramolecular Hbond substituents is 1. The highest BCUT2D eigenvalue weighted by Gasteiger charge is 2.14. The van der Waals surface area contributed by atoms with E-state index in [9.17, 15) is 18.7 Å². The van der Waals surface area contributed by atoms with Gasteiger partial charge in [-0.3, -0.25) is 4.79 Å². The number of hydrogen-bond donors (Lipinski definition) is 2. The molecule has 138 valence electrons. The van der Waals surface area contributed by atoms with Gasteiger partial charge in [-0.2, -0.15) is 13.9 Å². The Balaban J connectivity index is 1.84. The van der Waals surface area contributed by atoms with Crippen LogP contribution in [0.15, 0.2) is 65.8 Å². The topological polar surface area (TPSA) is 70.9 Å². The highest BCUT2D eigenvalue weighted by atomic mass is 19.3. The molecule has 3 aromatic rings. The van der Waals surface area contributed by atoms with Gasteiger partial charge in [-0.05, 0) is 42.0 Å². The molecule has 27 heavy (non-hydrogen) atoms. The average Bonchev–Trinajstić information content (AvgIpc) is 2.65. The molecule has 0 fully saturated rings. The summed E-state index contributed by atoms with van der Waals surface area (Å²) in [6, 6.07) is 16.5. The molecular formula is C20H16F2N2O3. The summed E-state index contributed by atoms with van der Waals surface area (Å²) in [5, 5.41) is 15.6. The van der Waals surface area contributed by atoms with Crippen molar-refractivity contribution >= 4 is 22.4 Å². The lowest BCUT2D eigenvalue weighted by molar-refractivity contribution is -0.0499. The van der Waals surface area contributed by atoms with Crippen LogP contribution in [0.1, 0.15) is 22.8 Å². The van der Waals surface area contributed by atoms with Gasteiger partial charge in [-0.25, -0.2) is 5.43 Å². The molecular weight excluding hydrogens is 354 g/mol. The van der Waals surface area contributed by atoms with E-state index in [0.29, 0.717) is 5.56 Å². The molecule has 2 N–H and O–H groups in total. The van der Waals surface area contributed by atoms with Crippen LogP contribution in [0.3, 0.4) is 0 Å². The largest absolute Gasteiger partial charge is 0.507 e. The smallest absolute Gasteiger partial charge is 0.387 e. The summed E-state index contributed by atoms with van der Waals surface area (Å²) >= 11 is 0. The molecule has 0 heterocycles. The van der Waals surface area contributed by atoms with Crippen molar-refractivity contribution in [3.8, 4) is 11.5 Å². The van der Waals surface area contributed by atoms with E-state index in [1.807, 2.05) is 24.3 Å². The number of para-hydroxylation sites is 1. The number of ether oxygens (including phenoxy) is 1. The summed E-state index contributed by atoms with van der Waals surface area (Å²) in [7, 11) is 0. The van der Waals surface area contributed by atoms with Crippen LogP contribution in [-0.2, 0) is 0 Å². The van der Waals surface area contributed by atoms with Crippen LogP contribution in [0.25, 0.3) is 10.8 Å². The molecule has 0 radical (unpaired) electrons. The quantitative estimate of drug-likeness (QED) is 0.520. The number of halogens is 2. The summed E-state index contributed by atoms with van der Waals surface area (Å²) in [6.07, 6.45) is 0. The van der Waals surface area contributed by atoms with Gasteiger partial charge in [0.25, 0.3) is 5.91 Å². The Kier molecular flexibility index (Phi) is 5.30. The second-order valence-corrected chi connectivity index (χ2v) is 5.73. The third-order valence-electron chi connectivity index (χ3n) is 3.93. The number of alkyl halides is 2.